The van der Waals surface area contributed by atoms with E-state index >= 15 is 0 Å². The molecule has 29 heavy (non-hydrogen) atoms. The van der Waals surface area contributed by atoms with Crippen molar-refractivity contribution in [3.05, 3.63) is 69.8 Å². The lowest BCUT2D eigenvalue weighted by Crippen LogP contribution is -2.13. The molecule has 0 saturated heterocycles. The van der Waals surface area contributed by atoms with E-state index in [4.69, 9.17) is 5.26 Å². The average molecular weight is 392 g/mol. The molecule has 0 bridgehead atoms. The van der Waals surface area contributed by atoms with Crippen molar-refractivity contribution in [1.29, 1.82) is 5.26 Å². The SMILES string of the molecule is CCCC1CCC(c2ccc(C3=Cc4cc(F)c(C#N)c(F)c4CC3)cc2)CC1. The largest absolute Gasteiger partial charge is 0.205 e. The number of halogens is 2. The molecule has 2 aromatic carbocycles. The van der Waals surface area contributed by atoms with Gasteiger partial charge in [-0.25, -0.2) is 8.78 Å². The van der Waals surface area contributed by atoms with Crippen LogP contribution in [0.2, 0.25) is 0 Å². The van der Waals surface area contributed by atoms with Gasteiger partial charge >= 0.3 is 0 Å². The highest BCUT2D eigenvalue weighted by molar-refractivity contribution is 5.84. The van der Waals surface area contributed by atoms with Crippen LogP contribution in [0.15, 0.2) is 30.3 Å². The minimum absolute atomic E-state index is 0.451. The molecule has 2 aromatic rings. The van der Waals surface area contributed by atoms with Crippen LogP contribution in [-0.2, 0) is 6.42 Å². The maximum absolute atomic E-state index is 14.4. The van der Waals surface area contributed by atoms with E-state index in [-0.39, 0.29) is 0 Å². The summed E-state index contributed by atoms with van der Waals surface area (Å²) in [4.78, 5) is 0. The Hall–Kier alpha value is -2.47. The summed E-state index contributed by atoms with van der Waals surface area (Å²) in [5, 5.41) is 8.96. The first-order chi connectivity index (χ1) is 14.1. The highest BCUT2D eigenvalue weighted by atomic mass is 19.1. The van der Waals surface area contributed by atoms with Crippen LogP contribution in [0.25, 0.3) is 11.6 Å². The Morgan fingerprint density at radius 2 is 1.76 bits per heavy atom. The molecule has 2 aliphatic rings. The third-order valence-corrected chi connectivity index (χ3v) is 6.74. The lowest BCUT2D eigenvalue weighted by atomic mass is 9.77. The monoisotopic (exact) mass is 391 g/mol. The number of hydrogen-bond acceptors (Lipinski definition) is 1. The van der Waals surface area contributed by atoms with Crippen LogP contribution < -0.4 is 0 Å². The number of benzene rings is 2. The third-order valence-electron chi connectivity index (χ3n) is 6.74. The number of fused-ring (bicyclic) bond motifs is 1. The van der Waals surface area contributed by atoms with E-state index in [1.54, 1.807) is 6.07 Å². The second-order valence-electron chi connectivity index (χ2n) is 8.52. The lowest BCUT2D eigenvalue weighted by molar-refractivity contribution is 0.308. The zero-order chi connectivity index (χ0) is 20.4. The van der Waals surface area contributed by atoms with Crippen molar-refractivity contribution in [3.63, 3.8) is 0 Å². The van der Waals surface area contributed by atoms with Crippen molar-refractivity contribution in [3.8, 4) is 6.07 Å². The Morgan fingerprint density at radius 3 is 2.41 bits per heavy atom. The van der Waals surface area contributed by atoms with E-state index in [1.807, 2.05) is 6.08 Å². The molecular formula is C26H27F2N. The summed E-state index contributed by atoms with van der Waals surface area (Å²) in [6, 6.07) is 11.7. The zero-order valence-electron chi connectivity index (χ0n) is 17.0. The summed E-state index contributed by atoms with van der Waals surface area (Å²) >= 11 is 0. The van der Waals surface area contributed by atoms with E-state index in [9.17, 15) is 8.78 Å². The van der Waals surface area contributed by atoms with Gasteiger partial charge in [0.05, 0.1) is 0 Å². The summed E-state index contributed by atoms with van der Waals surface area (Å²) in [6.45, 7) is 2.27. The van der Waals surface area contributed by atoms with Crippen LogP contribution in [0.1, 0.15) is 85.6 Å². The number of nitriles is 1. The van der Waals surface area contributed by atoms with Gasteiger partial charge in [-0.3, -0.25) is 0 Å². The third kappa shape index (κ3) is 3.99. The van der Waals surface area contributed by atoms with Crippen LogP contribution in [0, 0.1) is 28.9 Å². The molecule has 0 aliphatic heterocycles. The van der Waals surface area contributed by atoms with Gasteiger partial charge < -0.3 is 0 Å². The predicted molar refractivity (Wildman–Crippen MR) is 113 cm³/mol. The molecule has 0 amide bonds. The number of rotatable bonds is 4. The topological polar surface area (TPSA) is 23.8 Å². The number of hydrogen-bond donors (Lipinski definition) is 0. The van der Waals surface area contributed by atoms with Crippen LogP contribution in [0.5, 0.6) is 0 Å². The molecule has 0 radical (unpaired) electrons. The number of allylic oxidation sites excluding steroid dienone is 1. The molecular weight excluding hydrogens is 364 g/mol. The molecule has 1 saturated carbocycles. The molecule has 1 nitrogen and oxygen atoms in total. The Morgan fingerprint density at radius 1 is 1.03 bits per heavy atom. The van der Waals surface area contributed by atoms with E-state index in [0.717, 1.165) is 17.1 Å². The fourth-order valence-corrected chi connectivity index (χ4v) is 5.07. The minimum Gasteiger partial charge on any atom is -0.205 e. The fraction of sp³-hybridized carbons (Fsp3) is 0.423. The van der Waals surface area contributed by atoms with Gasteiger partial charge in [-0.05, 0) is 84.3 Å². The summed E-state index contributed by atoms with van der Waals surface area (Å²) in [6.07, 6.45) is 10.9. The quantitative estimate of drug-likeness (QED) is 0.533. The van der Waals surface area contributed by atoms with Crippen molar-refractivity contribution in [2.45, 2.75) is 64.2 Å². The first-order valence-electron chi connectivity index (χ1n) is 10.8. The van der Waals surface area contributed by atoms with Gasteiger partial charge in [0.25, 0.3) is 0 Å². The van der Waals surface area contributed by atoms with Crippen molar-refractivity contribution < 1.29 is 8.78 Å². The Labute approximate surface area is 172 Å². The molecule has 0 unspecified atom stereocenters. The van der Waals surface area contributed by atoms with Crippen LogP contribution in [0.3, 0.4) is 0 Å². The summed E-state index contributed by atoms with van der Waals surface area (Å²) in [5.74, 6) is 0.0817. The average Bonchev–Trinajstić information content (AvgIpc) is 2.74. The second-order valence-corrected chi connectivity index (χ2v) is 8.52. The van der Waals surface area contributed by atoms with Gasteiger partial charge in [-0.2, -0.15) is 5.26 Å². The molecule has 1 fully saturated rings. The first kappa shape index (κ1) is 19.8. The van der Waals surface area contributed by atoms with E-state index in [0.29, 0.717) is 29.9 Å². The van der Waals surface area contributed by atoms with Crippen LogP contribution >= 0.6 is 0 Å². The standard InChI is InChI=1S/C26H27F2N/c1-2-3-17-4-6-18(7-5-17)19-8-10-20(11-9-19)21-12-13-23-22(14-21)15-25(27)24(16-29)26(23)28/h8-11,14-15,17-18H,2-7,12-13H2,1H3. The minimum atomic E-state index is -0.782. The first-order valence-corrected chi connectivity index (χ1v) is 10.8. The van der Waals surface area contributed by atoms with E-state index in [2.05, 4.69) is 31.2 Å². The number of nitrogens with zero attached hydrogens (tertiary/aromatic N) is 1. The summed E-state index contributed by atoms with van der Waals surface area (Å²) in [5.41, 5.74) is 4.16. The molecule has 3 heteroatoms. The molecule has 2 aliphatic carbocycles. The maximum Gasteiger partial charge on any atom is 0.147 e. The molecule has 0 heterocycles. The molecule has 150 valence electrons. The molecule has 0 N–H and O–H groups in total. The molecule has 0 atom stereocenters. The van der Waals surface area contributed by atoms with Gasteiger partial charge in [-0.1, -0.05) is 50.1 Å². The van der Waals surface area contributed by atoms with Gasteiger partial charge in [-0.15, -0.1) is 0 Å². The van der Waals surface area contributed by atoms with Crippen molar-refractivity contribution >= 4 is 11.6 Å². The van der Waals surface area contributed by atoms with Gasteiger partial charge in [0.15, 0.2) is 0 Å². The van der Waals surface area contributed by atoms with Gasteiger partial charge in [0, 0.05) is 0 Å². The van der Waals surface area contributed by atoms with Crippen molar-refractivity contribution in [1.82, 2.24) is 0 Å². The summed E-state index contributed by atoms with van der Waals surface area (Å²) in [7, 11) is 0. The fourth-order valence-electron chi connectivity index (χ4n) is 5.07. The smallest absolute Gasteiger partial charge is 0.147 e. The predicted octanol–water partition coefficient (Wildman–Crippen LogP) is 7.40. The zero-order valence-corrected chi connectivity index (χ0v) is 17.0. The van der Waals surface area contributed by atoms with E-state index in [1.165, 1.54) is 50.2 Å². The Balaban J connectivity index is 1.52. The van der Waals surface area contributed by atoms with E-state index < -0.39 is 17.2 Å². The Bertz CT molecular complexity index is 958. The van der Waals surface area contributed by atoms with Crippen molar-refractivity contribution in [2.75, 3.05) is 0 Å². The van der Waals surface area contributed by atoms with Crippen LogP contribution in [0.4, 0.5) is 8.78 Å². The molecule has 4 rings (SSSR count). The highest BCUT2D eigenvalue weighted by Crippen LogP contribution is 2.39. The second kappa shape index (κ2) is 8.49. The molecule has 0 aromatic heterocycles. The Kier molecular flexibility index (Phi) is 5.81. The van der Waals surface area contributed by atoms with Gasteiger partial charge in [0.1, 0.15) is 23.3 Å². The highest BCUT2D eigenvalue weighted by Gasteiger charge is 2.23. The normalized spacial score (nSPS) is 21.2. The van der Waals surface area contributed by atoms with Crippen LogP contribution in [-0.4, -0.2) is 0 Å². The van der Waals surface area contributed by atoms with Gasteiger partial charge in [0.2, 0.25) is 0 Å². The lowest BCUT2D eigenvalue weighted by Gasteiger charge is -2.28. The molecule has 0 spiro atoms. The maximum atomic E-state index is 14.4. The summed E-state index contributed by atoms with van der Waals surface area (Å²) < 4.78 is 28.4. The van der Waals surface area contributed by atoms with Crippen molar-refractivity contribution in [2.24, 2.45) is 5.92 Å².